The van der Waals surface area contributed by atoms with Crippen molar-refractivity contribution in [2.75, 3.05) is 0 Å². The minimum atomic E-state index is 0.399. The van der Waals surface area contributed by atoms with Crippen molar-refractivity contribution in [2.24, 2.45) is 4.99 Å². The van der Waals surface area contributed by atoms with Crippen molar-refractivity contribution in [1.82, 2.24) is 0 Å². The van der Waals surface area contributed by atoms with Gasteiger partial charge in [-0.2, -0.15) is 0 Å². The summed E-state index contributed by atoms with van der Waals surface area (Å²) in [5, 5.41) is 0.765. The number of hydrogen-bond donors (Lipinski definition) is 0. The molecule has 0 unspecified atom stereocenters. The molecule has 0 N–H and O–H groups in total. The van der Waals surface area contributed by atoms with Crippen molar-refractivity contribution in [3.63, 3.8) is 0 Å². The van der Waals surface area contributed by atoms with E-state index in [4.69, 9.17) is 11.6 Å². The fourth-order valence-electron chi connectivity index (χ4n) is 0.868. The van der Waals surface area contributed by atoms with Crippen molar-refractivity contribution in [3.05, 3.63) is 34.9 Å². The van der Waals surface area contributed by atoms with Gasteiger partial charge in [0.25, 0.3) is 0 Å². The third-order valence-electron chi connectivity index (χ3n) is 1.94. The molecule has 0 fully saturated rings. The van der Waals surface area contributed by atoms with Gasteiger partial charge >= 0.3 is 0 Å². The van der Waals surface area contributed by atoms with Crippen molar-refractivity contribution in [1.29, 1.82) is 0 Å². The molecule has 1 nitrogen and oxygen atoms in total. The molecule has 0 radical (unpaired) electrons. The lowest BCUT2D eigenvalue weighted by atomic mass is 10.2. The van der Waals surface area contributed by atoms with Gasteiger partial charge in [0.05, 0.1) is 0 Å². The highest BCUT2D eigenvalue weighted by Crippen LogP contribution is 2.08. The Morgan fingerprint density at radius 2 is 2.00 bits per heavy atom. The molecule has 1 atom stereocenters. The van der Waals surface area contributed by atoms with Crippen LogP contribution in [0.2, 0.25) is 5.02 Å². The Labute approximate surface area is 84.5 Å². The third-order valence-corrected chi connectivity index (χ3v) is 2.19. The number of benzene rings is 1. The molecule has 0 spiro atoms. The van der Waals surface area contributed by atoms with Gasteiger partial charge in [-0.1, -0.05) is 30.7 Å². The van der Waals surface area contributed by atoms with Crippen LogP contribution in [0.3, 0.4) is 0 Å². The highest BCUT2D eigenvalue weighted by Gasteiger charge is 1.92. The molecular formula is C11H14ClN. The lowest BCUT2D eigenvalue weighted by Gasteiger charge is -1.99. The van der Waals surface area contributed by atoms with Gasteiger partial charge in [-0.3, -0.25) is 4.99 Å². The Bertz CT molecular complexity index is 277. The zero-order chi connectivity index (χ0) is 9.68. The van der Waals surface area contributed by atoms with Crippen LogP contribution in [0.4, 0.5) is 0 Å². The molecular weight excluding hydrogens is 182 g/mol. The quantitative estimate of drug-likeness (QED) is 0.654. The largest absolute Gasteiger partial charge is 0.290 e. The van der Waals surface area contributed by atoms with Crippen LogP contribution in [-0.2, 0) is 0 Å². The van der Waals surface area contributed by atoms with Gasteiger partial charge in [-0.05, 0) is 31.0 Å². The van der Waals surface area contributed by atoms with Crippen LogP contribution < -0.4 is 0 Å². The van der Waals surface area contributed by atoms with E-state index >= 15 is 0 Å². The summed E-state index contributed by atoms with van der Waals surface area (Å²) in [6.07, 6.45) is 2.97. The lowest BCUT2D eigenvalue weighted by molar-refractivity contribution is 0.720. The molecule has 0 saturated carbocycles. The van der Waals surface area contributed by atoms with Gasteiger partial charge in [-0.15, -0.1) is 0 Å². The van der Waals surface area contributed by atoms with Gasteiger partial charge in [-0.25, -0.2) is 0 Å². The van der Waals surface area contributed by atoms with Gasteiger partial charge in [0, 0.05) is 17.3 Å². The van der Waals surface area contributed by atoms with Crippen LogP contribution >= 0.6 is 11.6 Å². The van der Waals surface area contributed by atoms with Crippen LogP contribution in [0.5, 0.6) is 0 Å². The molecule has 0 aromatic heterocycles. The maximum atomic E-state index is 5.76. The first kappa shape index (κ1) is 10.3. The van der Waals surface area contributed by atoms with Crippen molar-refractivity contribution in [2.45, 2.75) is 26.3 Å². The van der Waals surface area contributed by atoms with Crippen LogP contribution in [0, 0.1) is 0 Å². The van der Waals surface area contributed by atoms with E-state index in [0.29, 0.717) is 6.04 Å². The summed E-state index contributed by atoms with van der Waals surface area (Å²) in [4.78, 5) is 4.37. The standard InChI is InChI=1S/C11H14ClN/c1-3-9(2)13-8-10-4-6-11(12)7-5-10/h4-9H,3H2,1-2H3/t9-/m1/s1. The average molecular weight is 196 g/mol. The van der Waals surface area contributed by atoms with Crippen molar-refractivity contribution < 1.29 is 0 Å². The average Bonchev–Trinajstić information content (AvgIpc) is 2.16. The second-order valence-corrected chi connectivity index (χ2v) is 3.52. The van der Waals surface area contributed by atoms with Crippen LogP contribution in [0.15, 0.2) is 29.3 Å². The van der Waals surface area contributed by atoms with Crippen LogP contribution in [0.1, 0.15) is 25.8 Å². The monoisotopic (exact) mass is 195 g/mol. The minimum Gasteiger partial charge on any atom is -0.290 e. The van der Waals surface area contributed by atoms with E-state index in [0.717, 1.165) is 17.0 Å². The minimum absolute atomic E-state index is 0.399. The van der Waals surface area contributed by atoms with Gasteiger partial charge in [0.2, 0.25) is 0 Å². The van der Waals surface area contributed by atoms with Crippen LogP contribution in [0.25, 0.3) is 0 Å². The van der Waals surface area contributed by atoms with Gasteiger partial charge in [0.15, 0.2) is 0 Å². The molecule has 0 heterocycles. The smallest absolute Gasteiger partial charge is 0.0469 e. The van der Waals surface area contributed by atoms with Gasteiger partial charge < -0.3 is 0 Å². The van der Waals surface area contributed by atoms with E-state index < -0.39 is 0 Å². The molecule has 1 aromatic carbocycles. The first-order chi connectivity index (χ1) is 6.22. The Morgan fingerprint density at radius 1 is 1.38 bits per heavy atom. The molecule has 1 rings (SSSR count). The maximum Gasteiger partial charge on any atom is 0.0469 e. The normalized spacial score (nSPS) is 13.5. The summed E-state index contributed by atoms with van der Waals surface area (Å²) in [5.74, 6) is 0. The number of aliphatic imine (C=N–C) groups is 1. The fraction of sp³-hybridized carbons (Fsp3) is 0.364. The summed E-state index contributed by atoms with van der Waals surface area (Å²) < 4.78 is 0. The molecule has 1 aromatic rings. The second-order valence-electron chi connectivity index (χ2n) is 3.09. The zero-order valence-corrected chi connectivity index (χ0v) is 8.75. The van der Waals surface area contributed by atoms with Gasteiger partial charge in [0.1, 0.15) is 0 Å². The van der Waals surface area contributed by atoms with E-state index in [1.54, 1.807) is 0 Å². The van der Waals surface area contributed by atoms with E-state index in [2.05, 4.69) is 18.8 Å². The number of hydrogen-bond acceptors (Lipinski definition) is 1. The first-order valence-electron chi connectivity index (χ1n) is 4.51. The summed E-state index contributed by atoms with van der Waals surface area (Å²) in [6.45, 7) is 4.23. The summed E-state index contributed by atoms with van der Waals surface area (Å²) in [5.41, 5.74) is 1.10. The highest BCUT2D eigenvalue weighted by molar-refractivity contribution is 6.30. The SMILES string of the molecule is CC[C@@H](C)N=Cc1ccc(Cl)cc1. The van der Waals surface area contributed by atoms with E-state index in [-0.39, 0.29) is 0 Å². The van der Waals surface area contributed by atoms with E-state index in [1.807, 2.05) is 30.5 Å². The van der Waals surface area contributed by atoms with E-state index in [1.165, 1.54) is 0 Å². The highest BCUT2D eigenvalue weighted by atomic mass is 35.5. The molecule has 0 aliphatic heterocycles. The Hall–Kier alpha value is -0.820. The van der Waals surface area contributed by atoms with Crippen molar-refractivity contribution >= 4 is 17.8 Å². The summed E-state index contributed by atoms with van der Waals surface area (Å²) in [7, 11) is 0. The fourth-order valence-corrected chi connectivity index (χ4v) is 0.994. The number of rotatable bonds is 3. The Kier molecular flexibility index (Phi) is 3.97. The molecule has 13 heavy (non-hydrogen) atoms. The molecule has 0 aliphatic carbocycles. The summed E-state index contributed by atoms with van der Waals surface area (Å²) in [6, 6.07) is 8.08. The predicted molar refractivity (Wildman–Crippen MR) is 58.8 cm³/mol. The molecule has 0 bridgehead atoms. The summed E-state index contributed by atoms with van der Waals surface area (Å²) >= 11 is 5.76. The molecule has 0 aliphatic rings. The molecule has 0 saturated heterocycles. The predicted octanol–water partition coefficient (Wildman–Crippen LogP) is 3.56. The number of halogens is 1. The van der Waals surface area contributed by atoms with E-state index in [9.17, 15) is 0 Å². The Morgan fingerprint density at radius 3 is 2.54 bits per heavy atom. The molecule has 2 heteroatoms. The maximum absolute atomic E-state index is 5.76. The second kappa shape index (κ2) is 5.03. The lowest BCUT2D eigenvalue weighted by Crippen LogP contribution is -1.95. The first-order valence-corrected chi connectivity index (χ1v) is 4.89. The molecule has 0 amide bonds. The molecule has 70 valence electrons. The van der Waals surface area contributed by atoms with Crippen molar-refractivity contribution in [3.8, 4) is 0 Å². The van der Waals surface area contributed by atoms with Crippen LogP contribution in [-0.4, -0.2) is 12.3 Å². The topological polar surface area (TPSA) is 12.4 Å². The third kappa shape index (κ3) is 3.60. The zero-order valence-electron chi connectivity index (χ0n) is 8.00. The Balaban J connectivity index is 2.64. The number of nitrogens with zero attached hydrogens (tertiary/aromatic N) is 1.